The molecule has 84 valence electrons. The van der Waals surface area contributed by atoms with Crippen LogP contribution in [-0.2, 0) is 4.74 Å². The van der Waals surface area contributed by atoms with Crippen molar-refractivity contribution in [2.75, 3.05) is 7.11 Å². The monoisotopic (exact) mass is 219 g/mol. The number of carbonyl (C=O) groups excluding carboxylic acids is 1. The number of hydrogen-bond acceptors (Lipinski definition) is 4. The Morgan fingerprint density at radius 1 is 1.50 bits per heavy atom. The molecule has 16 heavy (non-hydrogen) atoms. The number of rotatable bonds is 1. The van der Waals surface area contributed by atoms with E-state index in [0.29, 0.717) is 11.3 Å². The largest absolute Gasteiger partial charge is 0.465 e. The first-order valence-electron chi connectivity index (χ1n) is 4.72. The fraction of sp³-hybridized carbons (Fsp3) is 0.333. The summed E-state index contributed by atoms with van der Waals surface area (Å²) in [7, 11) is 1.31. The number of hydrogen-bond donors (Lipinski definition) is 1. The van der Waals surface area contributed by atoms with Gasteiger partial charge in [-0.3, -0.25) is 0 Å². The van der Waals surface area contributed by atoms with Crippen molar-refractivity contribution >= 4 is 5.97 Å². The molecule has 1 rings (SSSR count). The van der Waals surface area contributed by atoms with Gasteiger partial charge in [-0.05, 0) is 31.9 Å². The van der Waals surface area contributed by atoms with Crippen LogP contribution in [0.1, 0.15) is 29.9 Å². The second-order valence-corrected chi connectivity index (χ2v) is 3.73. The van der Waals surface area contributed by atoms with Crippen LogP contribution in [0.25, 0.3) is 0 Å². The molecule has 0 aromatic carbocycles. The molecule has 0 spiro atoms. The molecule has 0 radical (unpaired) electrons. The molecule has 1 aromatic rings. The average Bonchev–Trinajstić information content (AvgIpc) is 2.25. The maximum absolute atomic E-state index is 11.1. The summed E-state index contributed by atoms with van der Waals surface area (Å²) in [6.45, 7) is 3.17. The van der Waals surface area contributed by atoms with E-state index in [-0.39, 0.29) is 0 Å². The summed E-state index contributed by atoms with van der Waals surface area (Å²) in [6, 6.07) is 3.18. The Kier molecular flexibility index (Phi) is 3.64. The zero-order chi connectivity index (χ0) is 12.2. The highest BCUT2D eigenvalue weighted by molar-refractivity contribution is 5.88. The lowest BCUT2D eigenvalue weighted by Gasteiger charge is -2.05. The van der Waals surface area contributed by atoms with E-state index in [2.05, 4.69) is 21.6 Å². The maximum atomic E-state index is 11.1. The van der Waals surface area contributed by atoms with E-state index in [1.165, 1.54) is 13.3 Å². The van der Waals surface area contributed by atoms with E-state index in [4.69, 9.17) is 0 Å². The zero-order valence-corrected chi connectivity index (χ0v) is 9.44. The van der Waals surface area contributed by atoms with E-state index in [0.717, 1.165) is 0 Å². The third kappa shape index (κ3) is 3.71. The lowest BCUT2D eigenvalue weighted by molar-refractivity contribution is 0.0600. The van der Waals surface area contributed by atoms with Crippen LogP contribution in [0.5, 0.6) is 0 Å². The third-order valence-corrected chi connectivity index (χ3v) is 1.68. The highest BCUT2D eigenvalue weighted by Gasteiger charge is 2.07. The molecular weight excluding hydrogens is 206 g/mol. The second-order valence-electron chi connectivity index (χ2n) is 3.73. The molecule has 0 amide bonds. The van der Waals surface area contributed by atoms with E-state index in [1.807, 2.05) is 0 Å². The smallest absolute Gasteiger partial charge is 0.339 e. The van der Waals surface area contributed by atoms with Crippen LogP contribution in [0.2, 0.25) is 0 Å². The van der Waals surface area contributed by atoms with Gasteiger partial charge in [-0.15, -0.1) is 0 Å². The molecule has 0 aliphatic carbocycles. The van der Waals surface area contributed by atoms with E-state index in [1.54, 1.807) is 26.0 Å². The highest BCUT2D eigenvalue weighted by Crippen LogP contribution is 2.02. The van der Waals surface area contributed by atoms with Crippen LogP contribution in [-0.4, -0.2) is 28.8 Å². The van der Waals surface area contributed by atoms with Crippen molar-refractivity contribution in [2.45, 2.75) is 19.4 Å². The first-order valence-corrected chi connectivity index (χ1v) is 4.72. The Hall–Kier alpha value is -1.86. The number of esters is 1. The predicted octanol–water partition coefficient (Wildman–Crippen LogP) is 0.991. The fourth-order valence-corrected chi connectivity index (χ4v) is 0.923. The summed E-state index contributed by atoms with van der Waals surface area (Å²) < 4.78 is 4.54. The minimum Gasteiger partial charge on any atom is -0.465 e. The van der Waals surface area contributed by atoms with Crippen molar-refractivity contribution in [2.24, 2.45) is 0 Å². The molecule has 1 heterocycles. The Labute approximate surface area is 94.3 Å². The van der Waals surface area contributed by atoms with Crippen LogP contribution in [0.15, 0.2) is 18.3 Å². The topological polar surface area (TPSA) is 59.4 Å². The van der Waals surface area contributed by atoms with E-state index >= 15 is 0 Å². The first kappa shape index (κ1) is 12.2. The molecule has 0 aliphatic rings. The molecule has 0 aliphatic heterocycles. The predicted molar refractivity (Wildman–Crippen MR) is 58.8 cm³/mol. The number of ether oxygens (including phenoxy) is 1. The summed E-state index contributed by atoms with van der Waals surface area (Å²) in [5, 5.41) is 9.38. The number of aromatic nitrogens is 1. The SMILES string of the molecule is COC(=O)c1ccc(C#CC(C)(C)O)nc1. The Balaban J connectivity index is 2.87. The van der Waals surface area contributed by atoms with Crippen molar-refractivity contribution in [3.05, 3.63) is 29.6 Å². The minimum absolute atomic E-state index is 0.372. The van der Waals surface area contributed by atoms with E-state index < -0.39 is 11.6 Å². The Morgan fingerprint density at radius 2 is 2.19 bits per heavy atom. The number of aliphatic hydroxyl groups is 1. The molecule has 0 saturated heterocycles. The van der Waals surface area contributed by atoms with E-state index in [9.17, 15) is 9.90 Å². The van der Waals surface area contributed by atoms with Crippen LogP contribution < -0.4 is 0 Å². The zero-order valence-electron chi connectivity index (χ0n) is 9.44. The Bertz CT molecular complexity index is 432. The maximum Gasteiger partial charge on any atom is 0.339 e. The highest BCUT2D eigenvalue weighted by atomic mass is 16.5. The molecule has 1 N–H and O–H groups in total. The molecule has 4 nitrogen and oxygen atoms in total. The lowest BCUT2D eigenvalue weighted by Crippen LogP contribution is -2.14. The first-order chi connectivity index (χ1) is 7.42. The minimum atomic E-state index is -1.05. The molecule has 0 unspecified atom stereocenters. The van der Waals surface area contributed by atoms with Gasteiger partial charge in [0.25, 0.3) is 0 Å². The van der Waals surface area contributed by atoms with Gasteiger partial charge in [-0.25, -0.2) is 9.78 Å². The molecule has 1 aromatic heterocycles. The summed E-state index contributed by atoms with van der Waals surface area (Å²) in [4.78, 5) is 15.1. The average molecular weight is 219 g/mol. The van der Waals surface area contributed by atoms with Gasteiger partial charge in [0.15, 0.2) is 0 Å². The van der Waals surface area contributed by atoms with Crippen LogP contribution in [0.3, 0.4) is 0 Å². The fourth-order valence-electron chi connectivity index (χ4n) is 0.923. The summed E-state index contributed by atoms with van der Waals surface area (Å²) in [5.41, 5.74) is -0.186. The quantitative estimate of drug-likeness (QED) is 0.565. The number of nitrogens with zero attached hydrogens (tertiary/aromatic N) is 1. The van der Waals surface area contributed by atoms with Crippen LogP contribution in [0, 0.1) is 11.8 Å². The summed E-state index contributed by atoms with van der Waals surface area (Å²) in [6.07, 6.45) is 1.39. The van der Waals surface area contributed by atoms with Crippen molar-refractivity contribution < 1.29 is 14.6 Å². The van der Waals surface area contributed by atoms with Crippen molar-refractivity contribution in [1.29, 1.82) is 0 Å². The van der Waals surface area contributed by atoms with Gasteiger partial charge in [-0.2, -0.15) is 0 Å². The standard InChI is InChI=1S/C12H13NO3/c1-12(2,15)7-6-10-5-4-9(8-13-10)11(14)16-3/h4-5,8,15H,1-3H3. The van der Waals surface area contributed by atoms with Crippen molar-refractivity contribution in [3.8, 4) is 11.8 Å². The van der Waals surface area contributed by atoms with Gasteiger partial charge in [-0.1, -0.05) is 5.92 Å². The molecule has 0 bridgehead atoms. The molecule has 0 atom stereocenters. The van der Waals surface area contributed by atoms with Gasteiger partial charge in [0.05, 0.1) is 12.7 Å². The van der Waals surface area contributed by atoms with Crippen LogP contribution in [0.4, 0.5) is 0 Å². The van der Waals surface area contributed by atoms with Gasteiger partial charge < -0.3 is 9.84 Å². The molecular formula is C12H13NO3. The van der Waals surface area contributed by atoms with Gasteiger partial charge in [0.2, 0.25) is 0 Å². The lowest BCUT2D eigenvalue weighted by atomic mass is 10.1. The number of methoxy groups -OCH3 is 1. The van der Waals surface area contributed by atoms with Gasteiger partial charge in [0.1, 0.15) is 11.3 Å². The third-order valence-electron chi connectivity index (χ3n) is 1.68. The summed E-state index contributed by atoms with van der Waals surface area (Å²) in [5.74, 6) is 4.90. The molecule has 0 fully saturated rings. The van der Waals surface area contributed by atoms with Gasteiger partial charge >= 0.3 is 5.97 Å². The number of carbonyl (C=O) groups is 1. The molecule has 4 heteroatoms. The summed E-state index contributed by atoms with van der Waals surface area (Å²) >= 11 is 0. The van der Waals surface area contributed by atoms with Crippen molar-refractivity contribution in [1.82, 2.24) is 4.98 Å². The second kappa shape index (κ2) is 4.77. The van der Waals surface area contributed by atoms with Gasteiger partial charge in [0, 0.05) is 6.20 Å². The van der Waals surface area contributed by atoms with Crippen molar-refractivity contribution in [3.63, 3.8) is 0 Å². The normalized spacial score (nSPS) is 10.2. The number of pyridine rings is 1. The molecule has 0 saturated carbocycles. The van der Waals surface area contributed by atoms with Crippen LogP contribution >= 0.6 is 0 Å². The Morgan fingerprint density at radius 3 is 2.62 bits per heavy atom.